The number of carbonyl (C=O) groups is 2. The third-order valence-corrected chi connectivity index (χ3v) is 3.92. The van der Waals surface area contributed by atoms with Crippen molar-refractivity contribution in [2.75, 3.05) is 0 Å². The van der Waals surface area contributed by atoms with Gasteiger partial charge in [-0.1, -0.05) is 37.3 Å². The van der Waals surface area contributed by atoms with E-state index in [-0.39, 0.29) is 5.57 Å². The summed E-state index contributed by atoms with van der Waals surface area (Å²) in [6.45, 7) is 3.35. The van der Waals surface area contributed by atoms with Crippen LogP contribution in [0, 0.1) is 0 Å². The van der Waals surface area contributed by atoms with Crippen LogP contribution in [0.25, 0.3) is 17.0 Å². The first-order chi connectivity index (χ1) is 11.5. The smallest absolute Gasteiger partial charge is 0.348 e. The Morgan fingerprint density at radius 1 is 1.12 bits per heavy atom. The highest BCUT2D eigenvalue weighted by molar-refractivity contribution is 6.15. The molecule has 2 aromatic rings. The molecule has 0 saturated carbocycles. The Balaban J connectivity index is 1.86. The molecular formula is C19H17NO4. The molecule has 1 aliphatic rings. The predicted molar refractivity (Wildman–Crippen MR) is 89.7 cm³/mol. The van der Waals surface area contributed by atoms with Crippen LogP contribution in [0.4, 0.5) is 0 Å². The number of aromatic nitrogens is 1. The fourth-order valence-electron chi connectivity index (χ4n) is 2.40. The topological polar surface area (TPSA) is 65.5 Å². The van der Waals surface area contributed by atoms with E-state index < -0.39 is 17.7 Å². The summed E-state index contributed by atoms with van der Waals surface area (Å²) in [5.74, 6) is -2.52. The Morgan fingerprint density at radius 3 is 2.54 bits per heavy atom. The number of cyclic esters (lactones) is 2. The Kier molecular flexibility index (Phi) is 4.16. The van der Waals surface area contributed by atoms with Gasteiger partial charge in [0.15, 0.2) is 0 Å². The zero-order valence-electron chi connectivity index (χ0n) is 13.5. The molecule has 122 valence electrons. The van der Waals surface area contributed by atoms with Gasteiger partial charge in [0.05, 0.1) is 5.52 Å². The van der Waals surface area contributed by atoms with Crippen molar-refractivity contribution in [2.24, 2.45) is 0 Å². The fourth-order valence-corrected chi connectivity index (χ4v) is 2.40. The molecular weight excluding hydrogens is 306 g/mol. The van der Waals surface area contributed by atoms with Gasteiger partial charge in [-0.2, -0.15) is 0 Å². The lowest BCUT2D eigenvalue weighted by atomic mass is 10.1. The number of para-hydroxylation sites is 1. The van der Waals surface area contributed by atoms with Crippen molar-refractivity contribution in [1.29, 1.82) is 0 Å². The van der Waals surface area contributed by atoms with Gasteiger partial charge in [0.25, 0.3) is 5.79 Å². The molecule has 0 bridgehead atoms. The van der Waals surface area contributed by atoms with E-state index in [1.54, 1.807) is 26.1 Å². The van der Waals surface area contributed by atoms with Gasteiger partial charge in [-0.25, -0.2) is 9.59 Å². The summed E-state index contributed by atoms with van der Waals surface area (Å²) in [4.78, 5) is 28.3. The van der Waals surface area contributed by atoms with Crippen molar-refractivity contribution in [3.05, 3.63) is 59.8 Å². The van der Waals surface area contributed by atoms with Gasteiger partial charge >= 0.3 is 11.9 Å². The van der Waals surface area contributed by atoms with Crippen LogP contribution >= 0.6 is 0 Å². The molecule has 1 fully saturated rings. The van der Waals surface area contributed by atoms with Crippen molar-refractivity contribution < 1.29 is 19.1 Å². The van der Waals surface area contributed by atoms with E-state index >= 15 is 0 Å². The Bertz CT molecular complexity index is 841. The highest BCUT2D eigenvalue weighted by Crippen LogP contribution is 2.26. The summed E-state index contributed by atoms with van der Waals surface area (Å²) in [5, 5.41) is 0.988. The van der Waals surface area contributed by atoms with E-state index in [0.29, 0.717) is 6.42 Å². The van der Waals surface area contributed by atoms with E-state index in [2.05, 4.69) is 4.98 Å². The highest BCUT2D eigenvalue weighted by atomic mass is 16.7. The number of pyridine rings is 1. The standard InChI is InChI=1S/C19H17NO4/c1-3-19(2)23-17(21)15(18(22)24-19)9-6-7-13-11-12-20-16-10-5-4-8-14(13)16/h4-12H,3H2,1-2H3. The summed E-state index contributed by atoms with van der Waals surface area (Å²) in [7, 11) is 0. The van der Waals surface area contributed by atoms with Gasteiger partial charge < -0.3 is 9.47 Å². The van der Waals surface area contributed by atoms with E-state index in [0.717, 1.165) is 16.5 Å². The molecule has 0 unspecified atom stereocenters. The average Bonchev–Trinajstić information content (AvgIpc) is 2.57. The first-order valence-corrected chi connectivity index (χ1v) is 7.71. The van der Waals surface area contributed by atoms with Crippen molar-refractivity contribution in [3.8, 4) is 0 Å². The second-order valence-corrected chi connectivity index (χ2v) is 5.62. The number of hydrogen-bond donors (Lipinski definition) is 0. The molecule has 5 heteroatoms. The van der Waals surface area contributed by atoms with Crippen LogP contribution in [-0.2, 0) is 19.1 Å². The summed E-state index contributed by atoms with van der Waals surface area (Å²) >= 11 is 0. The molecule has 0 amide bonds. The minimum Gasteiger partial charge on any atom is -0.419 e. The molecule has 24 heavy (non-hydrogen) atoms. The third kappa shape index (κ3) is 3.06. The molecule has 2 heterocycles. The molecule has 3 rings (SSSR count). The van der Waals surface area contributed by atoms with Crippen molar-refractivity contribution in [3.63, 3.8) is 0 Å². The lowest BCUT2D eigenvalue weighted by Gasteiger charge is -2.32. The molecule has 1 saturated heterocycles. The quantitative estimate of drug-likeness (QED) is 0.492. The average molecular weight is 323 g/mol. The molecule has 0 aliphatic carbocycles. The normalized spacial score (nSPS) is 21.0. The van der Waals surface area contributed by atoms with Crippen LogP contribution < -0.4 is 0 Å². The lowest BCUT2D eigenvalue weighted by Crippen LogP contribution is -2.43. The van der Waals surface area contributed by atoms with Crippen LogP contribution in [0.2, 0.25) is 0 Å². The zero-order chi connectivity index (χ0) is 17.2. The second-order valence-electron chi connectivity index (χ2n) is 5.62. The van der Waals surface area contributed by atoms with E-state index in [1.807, 2.05) is 36.4 Å². The number of rotatable bonds is 3. The van der Waals surface area contributed by atoms with Crippen LogP contribution in [0.15, 0.2) is 54.3 Å². The molecule has 0 atom stereocenters. The van der Waals surface area contributed by atoms with Crippen LogP contribution in [0.1, 0.15) is 25.8 Å². The maximum atomic E-state index is 12.0. The van der Waals surface area contributed by atoms with Crippen LogP contribution in [0.3, 0.4) is 0 Å². The molecule has 5 nitrogen and oxygen atoms in total. The number of allylic oxidation sites excluding steroid dienone is 2. The lowest BCUT2D eigenvalue weighted by molar-refractivity contribution is -0.229. The van der Waals surface area contributed by atoms with Gasteiger partial charge in [0.2, 0.25) is 0 Å². The first kappa shape index (κ1) is 15.9. The molecule has 0 radical (unpaired) electrons. The molecule has 0 N–H and O–H groups in total. The number of carbonyl (C=O) groups excluding carboxylic acids is 2. The molecule has 1 aliphatic heterocycles. The first-order valence-electron chi connectivity index (χ1n) is 7.71. The predicted octanol–water partition coefficient (Wildman–Crippen LogP) is 3.40. The van der Waals surface area contributed by atoms with Gasteiger partial charge in [-0.05, 0) is 23.8 Å². The number of esters is 2. The van der Waals surface area contributed by atoms with Crippen molar-refractivity contribution in [2.45, 2.75) is 26.1 Å². The minimum absolute atomic E-state index is 0.115. The molecule has 1 aromatic heterocycles. The number of fused-ring (bicyclic) bond motifs is 1. The number of ether oxygens (including phenoxy) is 2. The van der Waals surface area contributed by atoms with Crippen LogP contribution in [-0.4, -0.2) is 22.7 Å². The monoisotopic (exact) mass is 323 g/mol. The van der Waals surface area contributed by atoms with Crippen LogP contribution in [0.5, 0.6) is 0 Å². The van der Waals surface area contributed by atoms with Gasteiger partial charge in [0, 0.05) is 24.9 Å². The maximum Gasteiger partial charge on any atom is 0.348 e. The largest absolute Gasteiger partial charge is 0.419 e. The minimum atomic E-state index is -1.18. The number of hydrogen-bond acceptors (Lipinski definition) is 5. The SMILES string of the molecule is CCC1(C)OC(=O)C(=CC=Cc2ccnc3ccccc23)C(=O)O1. The van der Waals surface area contributed by atoms with Gasteiger partial charge in [0.1, 0.15) is 5.57 Å². The Hall–Kier alpha value is -2.95. The summed E-state index contributed by atoms with van der Waals surface area (Å²) in [5.41, 5.74) is 1.70. The third-order valence-electron chi connectivity index (χ3n) is 3.92. The molecule has 1 aromatic carbocycles. The van der Waals surface area contributed by atoms with Gasteiger partial charge in [-0.3, -0.25) is 4.98 Å². The highest BCUT2D eigenvalue weighted by Gasteiger charge is 2.40. The summed E-state index contributed by atoms with van der Waals surface area (Å²) in [6.07, 6.45) is 6.97. The maximum absolute atomic E-state index is 12.0. The summed E-state index contributed by atoms with van der Waals surface area (Å²) < 4.78 is 10.4. The molecule has 0 spiro atoms. The Labute approximate surface area is 139 Å². The van der Waals surface area contributed by atoms with Crippen molar-refractivity contribution in [1.82, 2.24) is 4.98 Å². The second kappa shape index (κ2) is 6.28. The Morgan fingerprint density at radius 2 is 1.83 bits per heavy atom. The number of nitrogens with zero attached hydrogens (tertiary/aromatic N) is 1. The van der Waals surface area contributed by atoms with Gasteiger partial charge in [-0.15, -0.1) is 0 Å². The van der Waals surface area contributed by atoms with Crippen molar-refractivity contribution >= 4 is 28.9 Å². The van der Waals surface area contributed by atoms with E-state index in [9.17, 15) is 9.59 Å². The zero-order valence-corrected chi connectivity index (χ0v) is 13.5. The number of benzene rings is 1. The van der Waals surface area contributed by atoms with E-state index in [4.69, 9.17) is 9.47 Å². The summed E-state index contributed by atoms with van der Waals surface area (Å²) in [6, 6.07) is 9.60. The fraction of sp³-hybridized carbons (Fsp3) is 0.211. The van der Waals surface area contributed by atoms with E-state index in [1.165, 1.54) is 6.08 Å².